The zero-order chi connectivity index (χ0) is 22.1. The van der Waals surface area contributed by atoms with E-state index in [0.29, 0.717) is 22.7 Å². The van der Waals surface area contributed by atoms with Gasteiger partial charge in [-0.15, -0.1) is 0 Å². The lowest BCUT2D eigenvalue weighted by Gasteiger charge is -2.12. The SMILES string of the molecule is CCOc1cc(/C=C/C(=O)Nc2cc(NC(C)=O)ccc2OC)ccc1OC(F)F. The number of rotatable bonds is 9. The number of nitrogens with one attached hydrogen (secondary N) is 2. The first-order valence-corrected chi connectivity index (χ1v) is 8.98. The van der Waals surface area contributed by atoms with Crippen LogP contribution in [0.4, 0.5) is 20.2 Å². The number of carbonyl (C=O) groups is 2. The summed E-state index contributed by atoms with van der Waals surface area (Å²) in [6.07, 6.45) is 2.76. The zero-order valence-corrected chi connectivity index (χ0v) is 16.7. The number of hydrogen-bond donors (Lipinski definition) is 2. The molecule has 30 heavy (non-hydrogen) atoms. The maximum atomic E-state index is 12.5. The number of carbonyl (C=O) groups excluding carboxylic acids is 2. The number of hydrogen-bond acceptors (Lipinski definition) is 5. The van der Waals surface area contributed by atoms with Gasteiger partial charge >= 0.3 is 6.61 Å². The highest BCUT2D eigenvalue weighted by atomic mass is 19.3. The van der Waals surface area contributed by atoms with Crippen LogP contribution in [-0.4, -0.2) is 32.1 Å². The topological polar surface area (TPSA) is 85.9 Å². The van der Waals surface area contributed by atoms with E-state index in [1.54, 1.807) is 25.1 Å². The lowest BCUT2D eigenvalue weighted by molar-refractivity contribution is -0.114. The number of alkyl halides is 2. The Bertz CT molecular complexity index is 932. The van der Waals surface area contributed by atoms with Gasteiger partial charge in [-0.25, -0.2) is 0 Å². The third-order valence-corrected chi connectivity index (χ3v) is 3.69. The van der Waals surface area contributed by atoms with Crippen molar-refractivity contribution in [1.82, 2.24) is 0 Å². The molecule has 0 aliphatic rings. The lowest BCUT2D eigenvalue weighted by atomic mass is 10.2. The first-order chi connectivity index (χ1) is 14.3. The van der Waals surface area contributed by atoms with Gasteiger partial charge in [0, 0.05) is 18.7 Å². The quantitative estimate of drug-likeness (QED) is 0.591. The van der Waals surface area contributed by atoms with Gasteiger partial charge in [0.25, 0.3) is 0 Å². The van der Waals surface area contributed by atoms with Gasteiger partial charge in [0.15, 0.2) is 11.5 Å². The summed E-state index contributed by atoms with van der Waals surface area (Å²) < 4.78 is 39.9. The molecule has 0 atom stereocenters. The van der Waals surface area contributed by atoms with Crippen LogP contribution in [0.15, 0.2) is 42.5 Å². The van der Waals surface area contributed by atoms with Crippen LogP contribution in [0, 0.1) is 0 Å². The fraction of sp³-hybridized carbons (Fsp3) is 0.238. The number of benzene rings is 2. The minimum Gasteiger partial charge on any atom is -0.495 e. The molecule has 0 saturated carbocycles. The van der Waals surface area contributed by atoms with E-state index in [9.17, 15) is 18.4 Å². The van der Waals surface area contributed by atoms with Crippen LogP contribution in [0.1, 0.15) is 19.4 Å². The van der Waals surface area contributed by atoms with Crippen LogP contribution < -0.4 is 24.8 Å². The van der Waals surface area contributed by atoms with Crippen molar-refractivity contribution in [2.75, 3.05) is 24.4 Å². The van der Waals surface area contributed by atoms with Crippen molar-refractivity contribution >= 4 is 29.3 Å². The lowest BCUT2D eigenvalue weighted by Crippen LogP contribution is -2.11. The summed E-state index contributed by atoms with van der Waals surface area (Å²) >= 11 is 0. The third kappa shape index (κ3) is 6.77. The number of methoxy groups -OCH3 is 1. The average Bonchev–Trinajstić information content (AvgIpc) is 2.68. The van der Waals surface area contributed by atoms with Crippen molar-refractivity contribution < 1.29 is 32.6 Å². The summed E-state index contributed by atoms with van der Waals surface area (Å²) in [5.41, 5.74) is 1.42. The van der Waals surface area contributed by atoms with E-state index in [4.69, 9.17) is 9.47 Å². The van der Waals surface area contributed by atoms with Crippen LogP contribution in [0.2, 0.25) is 0 Å². The molecule has 0 aliphatic heterocycles. The van der Waals surface area contributed by atoms with E-state index >= 15 is 0 Å². The highest BCUT2D eigenvalue weighted by Crippen LogP contribution is 2.31. The molecular weight excluding hydrogens is 398 g/mol. The summed E-state index contributed by atoms with van der Waals surface area (Å²) in [5, 5.41) is 5.29. The summed E-state index contributed by atoms with van der Waals surface area (Å²) in [5.74, 6) is -0.239. The normalized spacial score (nSPS) is 10.7. The molecule has 7 nitrogen and oxygen atoms in total. The van der Waals surface area contributed by atoms with Crippen molar-refractivity contribution in [1.29, 1.82) is 0 Å². The van der Waals surface area contributed by atoms with E-state index in [-0.39, 0.29) is 24.0 Å². The van der Waals surface area contributed by atoms with Gasteiger partial charge in [0.2, 0.25) is 11.8 Å². The van der Waals surface area contributed by atoms with Crippen molar-refractivity contribution in [3.05, 3.63) is 48.0 Å². The largest absolute Gasteiger partial charge is 0.495 e. The molecular formula is C21H22F2N2O5. The van der Waals surface area contributed by atoms with E-state index in [1.807, 2.05) is 0 Å². The van der Waals surface area contributed by atoms with Crippen LogP contribution >= 0.6 is 0 Å². The van der Waals surface area contributed by atoms with Crippen LogP contribution in [-0.2, 0) is 9.59 Å². The van der Waals surface area contributed by atoms with Crippen molar-refractivity contribution in [3.8, 4) is 17.2 Å². The molecule has 2 aromatic carbocycles. The maximum absolute atomic E-state index is 12.5. The number of amides is 2. The van der Waals surface area contributed by atoms with Crippen LogP contribution in [0.3, 0.4) is 0 Å². The standard InChI is InChI=1S/C21H22F2N2O5/c1-4-29-19-11-14(5-8-18(19)30-21(22)23)6-10-20(27)25-16-12-15(24-13(2)26)7-9-17(16)28-3/h5-12,21H,4H2,1-3H3,(H,24,26)(H,25,27)/b10-6+. The Hall–Kier alpha value is -3.62. The molecule has 0 bridgehead atoms. The molecule has 9 heteroatoms. The molecule has 2 aromatic rings. The van der Waals surface area contributed by atoms with Gasteiger partial charge in [0.1, 0.15) is 5.75 Å². The van der Waals surface area contributed by atoms with Crippen molar-refractivity contribution in [2.45, 2.75) is 20.5 Å². The predicted octanol–water partition coefficient (Wildman–Crippen LogP) is 4.31. The summed E-state index contributed by atoms with van der Waals surface area (Å²) in [4.78, 5) is 23.5. The second-order valence-electron chi connectivity index (χ2n) is 5.94. The molecule has 0 saturated heterocycles. The molecule has 0 heterocycles. The molecule has 0 aromatic heterocycles. The van der Waals surface area contributed by atoms with Gasteiger partial charge in [-0.1, -0.05) is 6.07 Å². The van der Waals surface area contributed by atoms with Crippen LogP contribution in [0.5, 0.6) is 17.2 Å². The fourth-order valence-electron chi connectivity index (χ4n) is 2.52. The number of ether oxygens (including phenoxy) is 3. The molecule has 2 N–H and O–H groups in total. The molecule has 2 amide bonds. The van der Waals surface area contributed by atoms with Gasteiger partial charge in [-0.05, 0) is 48.9 Å². The third-order valence-electron chi connectivity index (χ3n) is 3.69. The first kappa shape index (κ1) is 22.7. The van der Waals surface area contributed by atoms with Gasteiger partial charge in [-0.3, -0.25) is 9.59 Å². The number of anilines is 2. The first-order valence-electron chi connectivity index (χ1n) is 8.98. The highest BCUT2D eigenvalue weighted by Gasteiger charge is 2.11. The Kier molecular flexibility index (Phi) is 8.16. The second-order valence-corrected chi connectivity index (χ2v) is 5.94. The fourth-order valence-corrected chi connectivity index (χ4v) is 2.52. The summed E-state index contributed by atoms with van der Waals surface area (Å²) in [7, 11) is 1.46. The Morgan fingerprint density at radius 2 is 1.80 bits per heavy atom. The van der Waals surface area contributed by atoms with Gasteiger partial charge in [0.05, 0.1) is 19.4 Å². The Labute approximate surface area is 172 Å². The minimum absolute atomic E-state index is 0.0898. The van der Waals surface area contributed by atoms with E-state index in [1.165, 1.54) is 44.4 Å². The zero-order valence-electron chi connectivity index (χ0n) is 16.7. The second kappa shape index (κ2) is 10.8. The molecule has 0 unspecified atom stereocenters. The Morgan fingerprint density at radius 3 is 2.43 bits per heavy atom. The molecule has 0 radical (unpaired) electrons. The summed E-state index contributed by atoms with van der Waals surface area (Å²) in [6, 6.07) is 9.17. The minimum atomic E-state index is -2.97. The van der Waals surface area contributed by atoms with E-state index in [2.05, 4.69) is 15.4 Å². The van der Waals surface area contributed by atoms with E-state index < -0.39 is 12.5 Å². The number of halogens is 2. The Morgan fingerprint density at radius 1 is 1.07 bits per heavy atom. The highest BCUT2D eigenvalue weighted by molar-refractivity contribution is 6.03. The van der Waals surface area contributed by atoms with Gasteiger partial charge in [-0.2, -0.15) is 8.78 Å². The monoisotopic (exact) mass is 420 g/mol. The molecule has 0 fully saturated rings. The predicted molar refractivity (Wildman–Crippen MR) is 109 cm³/mol. The molecule has 0 aliphatic carbocycles. The van der Waals surface area contributed by atoms with Crippen LogP contribution in [0.25, 0.3) is 6.08 Å². The molecule has 0 spiro atoms. The van der Waals surface area contributed by atoms with Crippen molar-refractivity contribution in [2.24, 2.45) is 0 Å². The Balaban J connectivity index is 2.16. The van der Waals surface area contributed by atoms with Crippen molar-refractivity contribution in [3.63, 3.8) is 0 Å². The smallest absolute Gasteiger partial charge is 0.387 e. The maximum Gasteiger partial charge on any atom is 0.387 e. The van der Waals surface area contributed by atoms with E-state index in [0.717, 1.165) is 0 Å². The average molecular weight is 420 g/mol. The van der Waals surface area contributed by atoms with Gasteiger partial charge < -0.3 is 24.8 Å². The summed E-state index contributed by atoms with van der Waals surface area (Å²) in [6.45, 7) is 0.376. The molecule has 160 valence electrons. The molecule has 2 rings (SSSR count).